The summed E-state index contributed by atoms with van der Waals surface area (Å²) in [5.41, 5.74) is 4.09. The monoisotopic (exact) mass is 405 g/mol. The molecule has 1 N–H and O–H groups in total. The van der Waals surface area contributed by atoms with E-state index in [9.17, 15) is 4.39 Å². The summed E-state index contributed by atoms with van der Waals surface area (Å²) in [5, 5.41) is 7.75. The summed E-state index contributed by atoms with van der Waals surface area (Å²) in [7, 11) is 2.10. The van der Waals surface area contributed by atoms with E-state index < -0.39 is 0 Å². The van der Waals surface area contributed by atoms with Gasteiger partial charge in [0.15, 0.2) is 5.82 Å². The Morgan fingerprint density at radius 3 is 2.80 bits per heavy atom. The van der Waals surface area contributed by atoms with Crippen LogP contribution in [-0.4, -0.2) is 37.4 Å². The van der Waals surface area contributed by atoms with Crippen molar-refractivity contribution in [2.75, 3.05) is 17.3 Å². The Kier molecular flexibility index (Phi) is 4.61. The zero-order valence-electron chi connectivity index (χ0n) is 17.1. The highest BCUT2D eigenvalue weighted by Gasteiger charge is 2.22. The number of hydrogen-bond acceptors (Lipinski definition) is 5. The minimum absolute atomic E-state index is 0.230. The van der Waals surface area contributed by atoms with Crippen LogP contribution < -0.4 is 10.2 Å². The number of rotatable bonds is 5. The molecule has 1 atom stereocenters. The second kappa shape index (κ2) is 7.44. The summed E-state index contributed by atoms with van der Waals surface area (Å²) < 4.78 is 17.2. The van der Waals surface area contributed by atoms with Gasteiger partial charge in [-0.25, -0.2) is 9.37 Å². The Labute approximate surface area is 174 Å². The molecule has 0 aliphatic carbocycles. The lowest BCUT2D eigenvalue weighted by Gasteiger charge is -2.24. The van der Waals surface area contributed by atoms with Gasteiger partial charge < -0.3 is 14.8 Å². The molecule has 7 nitrogen and oxygen atoms in total. The van der Waals surface area contributed by atoms with Gasteiger partial charge in [-0.1, -0.05) is 12.1 Å². The molecular formula is C22H24FN7. The Morgan fingerprint density at radius 2 is 1.97 bits per heavy atom. The highest BCUT2D eigenvalue weighted by atomic mass is 19.1. The van der Waals surface area contributed by atoms with Crippen molar-refractivity contribution in [3.8, 4) is 0 Å². The van der Waals surface area contributed by atoms with Crippen LogP contribution in [0.4, 0.5) is 16.2 Å². The molecular weight excluding hydrogens is 381 g/mol. The van der Waals surface area contributed by atoms with Crippen LogP contribution in [0.2, 0.25) is 0 Å². The fraction of sp³-hybridized carbons (Fsp3) is 0.318. The van der Waals surface area contributed by atoms with Crippen LogP contribution in [0.15, 0.2) is 48.9 Å². The molecule has 0 saturated carbocycles. The SMILES string of the molecule is CC1CCn2ccc3nc(NCc4cnn(Cc5ccc(F)cc5)c4)nc(c32)N1C. The number of nitrogens with zero attached hydrogens (tertiary/aromatic N) is 6. The molecule has 154 valence electrons. The number of halogens is 1. The normalized spacial score (nSPS) is 16.1. The first-order valence-electron chi connectivity index (χ1n) is 10.2. The minimum atomic E-state index is -0.230. The zero-order chi connectivity index (χ0) is 20.7. The lowest BCUT2D eigenvalue weighted by Crippen LogP contribution is -2.29. The molecule has 3 aromatic heterocycles. The molecule has 8 heteroatoms. The van der Waals surface area contributed by atoms with Crippen LogP contribution in [0.3, 0.4) is 0 Å². The zero-order valence-corrected chi connectivity index (χ0v) is 17.1. The lowest BCUT2D eigenvalue weighted by atomic mass is 10.2. The van der Waals surface area contributed by atoms with Gasteiger partial charge in [-0.05, 0) is 37.1 Å². The van der Waals surface area contributed by atoms with Crippen LogP contribution in [0.5, 0.6) is 0 Å². The van der Waals surface area contributed by atoms with E-state index in [0.29, 0.717) is 25.1 Å². The largest absolute Gasteiger partial charge is 0.355 e. The molecule has 5 rings (SSSR count). The van der Waals surface area contributed by atoms with Gasteiger partial charge in [-0.3, -0.25) is 4.68 Å². The van der Waals surface area contributed by atoms with E-state index in [1.165, 1.54) is 12.1 Å². The predicted molar refractivity (Wildman–Crippen MR) is 115 cm³/mol. The van der Waals surface area contributed by atoms with Gasteiger partial charge in [0.05, 0.1) is 18.3 Å². The van der Waals surface area contributed by atoms with Crippen LogP contribution in [0.25, 0.3) is 11.0 Å². The van der Waals surface area contributed by atoms with Crippen molar-refractivity contribution in [3.63, 3.8) is 0 Å². The molecule has 4 heterocycles. The highest BCUT2D eigenvalue weighted by Crippen LogP contribution is 2.30. The number of anilines is 2. The van der Waals surface area contributed by atoms with E-state index in [2.05, 4.69) is 46.1 Å². The van der Waals surface area contributed by atoms with Crippen molar-refractivity contribution in [1.29, 1.82) is 0 Å². The average molecular weight is 405 g/mol. The van der Waals surface area contributed by atoms with Crippen molar-refractivity contribution < 1.29 is 4.39 Å². The summed E-state index contributed by atoms with van der Waals surface area (Å²) >= 11 is 0. The van der Waals surface area contributed by atoms with Crippen molar-refractivity contribution in [1.82, 2.24) is 24.3 Å². The van der Waals surface area contributed by atoms with Gasteiger partial charge in [0.1, 0.15) is 11.3 Å². The van der Waals surface area contributed by atoms with Gasteiger partial charge in [-0.2, -0.15) is 10.1 Å². The molecule has 0 spiro atoms. The maximum absolute atomic E-state index is 13.1. The summed E-state index contributed by atoms with van der Waals surface area (Å²) in [6.07, 6.45) is 6.98. The van der Waals surface area contributed by atoms with E-state index in [4.69, 9.17) is 9.97 Å². The molecule has 30 heavy (non-hydrogen) atoms. The van der Waals surface area contributed by atoms with Crippen molar-refractivity contribution in [2.45, 2.75) is 39.0 Å². The van der Waals surface area contributed by atoms with Crippen LogP contribution >= 0.6 is 0 Å². The average Bonchev–Trinajstić information content (AvgIpc) is 3.35. The van der Waals surface area contributed by atoms with Crippen molar-refractivity contribution >= 4 is 22.8 Å². The minimum Gasteiger partial charge on any atom is -0.355 e. The predicted octanol–water partition coefficient (Wildman–Crippen LogP) is 3.66. The molecule has 1 aliphatic rings. The third-order valence-electron chi connectivity index (χ3n) is 5.77. The summed E-state index contributed by atoms with van der Waals surface area (Å²) in [6, 6.07) is 8.95. The molecule has 1 aliphatic heterocycles. The first-order valence-corrected chi connectivity index (χ1v) is 10.2. The molecule has 0 fully saturated rings. The summed E-state index contributed by atoms with van der Waals surface area (Å²) in [5.74, 6) is 1.35. The van der Waals surface area contributed by atoms with E-state index in [1.54, 1.807) is 12.1 Å². The third-order valence-corrected chi connectivity index (χ3v) is 5.77. The first-order chi connectivity index (χ1) is 14.6. The molecule has 0 bridgehead atoms. The quantitative estimate of drug-likeness (QED) is 0.549. The Bertz CT molecular complexity index is 1180. The van der Waals surface area contributed by atoms with Gasteiger partial charge in [0, 0.05) is 44.1 Å². The summed E-state index contributed by atoms with van der Waals surface area (Å²) in [4.78, 5) is 11.8. The number of aryl methyl sites for hydroxylation is 1. The van der Waals surface area contributed by atoms with E-state index in [0.717, 1.165) is 40.9 Å². The van der Waals surface area contributed by atoms with Gasteiger partial charge in [-0.15, -0.1) is 0 Å². The highest BCUT2D eigenvalue weighted by molar-refractivity contribution is 5.88. The molecule has 0 radical (unpaired) electrons. The maximum Gasteiger partial charge on any atom is 0.225 e. The van der Waals surface area contributed by atoms with Crippen LogP contribution in [0.1, 0.15) is 24.5 Å². The molecule has 4 aromatic rings. The van der Waals surface area contributed by atoms with Crippen molar-refractivity contribution in [2.24, 2.45) is 0 Å². The molecule has 0 amide bonds. The van der Waals surface area contributed by atoms with Crippen LogP contribution in [0, 0.1) is 5.82 Å². The standard InChI is InChI=1S/C22H24FN7/c1-15-7-9-29-10-8-19-20(29)21(28(15)2)27-22(26-19)24-11-17-12-25-30(14-17)13-16-3-5-18(23)6-4-16/h3-6,8,10,12,14-15H,7,9,11,13H2,1-2H3,(H,24,26,27). The second-order valence-electron chi connectivity index (χ2n) is 7.89. The van der Waals surface area contributed by atoms with Gasteiger partial charge in [0.2, 0.25) is 5.95 Å². The molecule has 1 unspecified atom stereocenters. The second-order valence-corrected chi connectivity index (χ2v) is 7.89. The maximum atomic E-state index is 13.1. The molecule has 1 aromatic carbocycles. The third kappa shape index (κ3) is 3.49. The fourth-order valence-electron chi connectivity index (χ4n) is 3.87. The van der Waals surface area contributed by atoms with Crippen molar-refractivity contribution in [3.05, 3.63) is 65.9 Å². The number of nitrogens with one attached hydrogen (secondary N) is 1. The van der Waals surface area contributed by atoms with Crippen LogP contribution in [-0.2, 0) is 19.6 Å². The number of aromatic nitrogens is 5. The smallest absolute Gasteiger partial charge is 0.225 e. The van der Waals surface area contributed by atoms with Gasteiger partial charge in [0.25, 0.3) is 0 Å². The number of benzene rings is 1. The van der Waals surface area contributed by atoms with Gasteiger partial charge >= 0.3 is 0 Å². The Balaban J connectivity index is 1.32. The first kappa shape index (κ1) is 18.6. The number of hydrogen-bond donors (Lipinski definition) is 1. The fourth-order valence-corrected chi connectivity index (χ4v) is 3.87. The summed E-state index contributed by atoms with van der Waals surface area (Å²) in [6.45, 7) is 4.38. The van der Waals surface area contributed by atoms with E-state index in [1.807, 2.05) is 17.1 Å². The lowest BCUT2D eigenvalue weighted by molar-refractivity contribution is 0.574. The topological polar surface area (TPSA) is 63.8 Å². The Morgan fingerprint density at radius 1 is 1.13 bits per heavy atom. The Hall–Kier alpha value is -3.42. The molecule has 0 saturated heterocycles. The van der Waals surface area contributed by atoms with E-state index >= 15 is 0 Å². The van der Waals surface area contributed by atoms with E-state index in [-0.39, 0.29) is 5.82 Å².